The Morgan fingerprint density at radius 1 is 1.50 bits per heavy atom. The van der Waals surface area contributed by atoms with E-state index in [1.807, 2.05) is 0 Å². The van der Waals surface area contributed by atoms with Gasteiger partial charge in [0.1, 0.15) is 6.61 Å². The van der Waals surface area contributed by atoms with Gasteiger partial charge in [0, 0.05) is 5.56 Å². The summed E-state index contributed by atoms with van der Waals surface area (Å²) in [4.78, 5) is 0. The number of para-hydroxylation sites is 1. The van der Waals surface area contributed by atoms with Gasteiger partial charge in [-0.2, -0.15) is 0 Å². The summed E-state index contributed by atoms with van der Waals surface area (Å²) in [5.41, 5.74) is 0.433. The standard InChI is InChI=1S/C11H11FO2/c1-2-3-7-14-11-9(8-13)5-4-6-10(11)12/h4-6,13H,7-8H2,1H3. The Kier molecular flexibility index (Phi) is 3.96. The highest BCUT2D eigenvalue weighted by Gasteiger charge is 2.07. The summed E-state index contributed by atoms with van der Waals surface area (Å²) in [6.45, 7) is 1.56. The summed E-state index contributed by atoms with van der Waals surface area (Å²) >= 11 is 0. The van der Waals surface area contributed by atoms with Crippen LogP contribution in [0.5, 0.6) is 5.75 Å². The van der Waals surface area contributed by atoms with Crippen LogP contribution in [0.25, 0.3) is 0 Å². The average Bonchev–Trinajstić information content (AvgIpc) is 2.20. The first-order chi connectivity index (χ1) is 6.79. The van der Waals surface area contributed by atoms with E-state index in [9.17, 15) is 4.39 Å². The first-order valence-corrected chi connectivity index (χ1v) is 4.20. The van der Waals surface area contributed by atoms with Crippen LogP contribution in [-0.2, 0) is 6.61 Å². The number of aliphatic hydroxyl groups excluding tert-OH is 1. The first-order valence-electron chi connectivity index (χ1n) is 4.20. The lowest BCUT2D eigenvalue weighted by atomic mass is 10.2. The van der Waals surface area contributed by atoms with Gasteiger partial charge in [-0.15, -0.1) is 5.92 Å². The van der Waals surface area contributed by atoms with Gasteiger partial charge in [0.05, 0.1) is 6.61 Å². The van der Waals surface area contributed by atoms with Crippen LogP contribution in [0.4, 0.5) is 4.39 Å². The molecule has 0 aliphatic rings. The van der Waals surface area contributed by atoms with E-state index in [0.29, 0.717) is 5.56 Å². The molecule has 0 saturated heterocycles. The predicted octanol–water partition coefficient (Wildman–Crippen LogP) is 1.72. The Bertz CT molecular complexity index is 363. The van der Waals surface area contributed by atoms with E-state index in [1.54, 1.807) is 13.0 Å². The summed E-state index contributed by atoms with van der Waals surface area (Å²) < 4.78 is 18.3. The molecule has 3 heteroatoms. The largest absolute Gasteiger partial charge is 0.477 e. The second-order valence-corrected chi connectivity index (χ2v) is 2.60. The van der Waals surface area contributed by atoms with Gasteiger partial charge in [0.2, 0.25) is 0 Å². The fourth-order valence-corrected chi connectivity index (χ4v) is 1.02. The van der Waals surface area contributed by atoms with Crippen molar-refractivity contribution in [1.82, 2.24) is 0 Å². The highest BCUT2D eigenvalue weighted by Crippen LogP contribution is 2.22. The number of hydrogen-bond donors (Lipinski definition) is 1. The summed E-state index contributed by atoms with van der Waals surface area (Å²) in [6.07, 6.45) is 0. The van der Waals surface area contributed by atoms with Gasteiger partial charge in [-0.1, -0.05) is 18.1 Å². The average molecular weight is 194 g/mol. The van der Waals surface area contributed by atoms with E-state index in [4.69, 9.17) is 9.84 Å². The Balaban J connectivity index is 2.85. The third kappa shape index (κ3) is 2.48. The van der Waals surface area contributed by atoms with E-state index >= 15 is 0 Å². The van der Waals surface area contributed by atoms with Gasteiger partial charge in [-0.3, -0.25) is 0 Å². The van der Waals surface area contributed by atoms with Crippen LogP contribution in [0.2, 0.25) is 0 Å². The highest BCUT2D eigenvalue weighted by atomic mass is 19.1. The minimum Gasteiger partial charge on any atom is -0.477 e. The zero-order valence-electron chi connectivity index (χ0n) is 7.88. The van der Waals surface area contributed by atoms with Crippen LogP contribution in [0.1, 0.15) is 12.5 Å². The van der Waals surface area contributed by atoms with Gasteiger partial charge in [-0.05, 0) is 13.0 Å². The minimum atomic E-state index is -0.477. The normalized spacial score (nSPS) is 9.07. The third-order valence-electron chi connectivity index (χ3n) is 1.68. The topological polar surface area (TPSA) is 29.5 Å². The minimum absolute atomic E-state index is 0.0813. The molecule has 0 radical (unpaired) electrons. The molecule has 0 aliphatic heterocycles. The summed E-state index contributed by atoms with van der Waals surface area (Å²) in [5, 5.41) is 8.92. The Hall–Kier alpha value is -1.53. The number of benzene rings is 1. The fourth-order valence-electron chi connectivity index (χ4n) is 1.02. The van der Waals surface area contributed by atoms with Crippen LogP contribution in [0, 0.1) is 17.7 Å². The Morgan fingerprint density at radius 2 is 2.29 bits per heavy atom. The maximum atomic E-state index is 13.2. The fraction of sp³-hybridized carbons (Fsp3) is 0.273. The van der Waals surface area contributed by atoms with Crippen molar-refractivity contribution in [3.05, 3.63) is 29.6 Å². The molecule has 1 rings (SSSR count). The molecule has 0 saturated carbocycles. The van der Waals surface area contributed by atoms with E-state index < -0.39 is 5.82 Å². The maximum absolute atomic E-state index is 13.2. The molecule has 74 valence electrons. The SMILES string of the molecule is CC#CCOc1c(F)cccc1CO. The van der Waals surface area contributed by atoms with Crippen molar-refractivity contribution < 1.29 is 14.2 Å². The van der Waals surface area contributed by atoms with E-state index in [1.165, 1.54) is 12.1 Å². The van der Waals surface area contributed by atoms with Gasteiger partial charge < -0.3 is 9.84 Å². The van der Waals surface area contributed by atoms with Crippen molar-refractivity contribution in [2.45, 2.75) is 13.5 Å². The number of ether oxygens (including phenoxy) is 1. The number of rotatable bonds is 3. The summed E-state index contributed by atoms with van der Waals surface area (Å²) in [7, 11) is 0. The molecule has 2 nitrogen and oxygen atoms in total. The number of hydrogen-bond acceptors (Lipinski definition) is 2. The summed E-state index contributed by atoms with van der Waals surface area (Å²) in [5.74, 6) is 4.89. The number of aliphatic hydroxyl groups is 1. The molecule has 0 spiro atoms. The molecule has 14 heavy (non-hydrogen) atoms. The van der Waals surface area contributed by atoms with Crippen molar-refractivity contribution in [1.29, 1.82) is 0 Å². The lowest BCUT2D eigenvalue weighted by Gasteiger charge is -2.07. The van der Waals surface area contributed by atoms with Crippen molar-refractivity contribution in [3.8, 4) is 17.6 Å². The second-order valence-electron chi connectivity index (χ2n) is 2.60. The molecule has 1 aromatic carbocycles. The predicted molar refractivity (Wildman–Crippen MR) is 51.3 cm³/mol. The van der Waals surface area contributed by atoms with Crippen LogP contribution < -0.4 is 4.74 Å². The van der Waals surface area contributed by atoms with E-state index in [-0.39, 0.29) is 19.0 Å². The zero-order chi connectivity index (χ0) is 10.4. The first kappa shape index (κ1) is 10.6. The highest BCUT2D eigenvalue weighted by molar-refractivity contribution is 5.34. The molecule has 1 aromatic rings. The molecule has 0 amide bonds. The molecule has 0 atom stereocenters. The molecule has 0 aliphatic carbocycles. The smallest absolute Gasteiger partial charge is 0.165 e. The van der Waals surface area contributed by atoms with Gasteiger partial charge in [-0.25, -0.2) is 4.39 Å². The van der Waals surface area contributed by atoms with E-state index in [2.05, 4.69) is 11.8 Å². The lowest BCUT2D eigenvalue weighted by molar-refractivity contribution is 0.266. The maximum Gasteiger partial charge on any atom is 0.165 e. The molecule has 0 unspecified atom stereocenters. The van der Waals surface area contributed by atoms with Crippen molar-refractivity contribution in [3.63, 3.8) is 0 Å². The molecular weight excluding hydrogens is 183 g/mol. The molecule has 0 heterocycles. The van der Waals surface area contributed by atoms with Gasteiger partial charge in [0.15, 0.2) is 11.6 Å². The van der Waals surface area contributed by atoms with Crippen molar-refractivity contribution in [2.75, 3.05) is 6.61 Å². The summed E-state index contributed by atoms with van der Waals surface area (Å²) in [6, 6.07) is 4.42. The van der Waals surface area contributed by atoms with Gasteiger partial charge in [0.25, 0.3) is 0 Å². The molecule has 0 fully saturated rings. The zero-order valence-corrected chi connectivity index (χ0v) is 7.88. The van der Waals surface area contributed by atoms with Crippen LogP contribution in [-0.4, -0.2) is 11.7 Å². The quantitative estimate of drug-likeness (QED) is 0.742. The van der Waals surface area contributed by atoms with Crippen molar-refractivity contribution in [2.24, 2.45) is 0 Å². The van der Waals surface area contributed by atoms with Crippen LogP contribution in [0.15, 0.2) is 18.2 Å². The van der Waals surface area contributed by atoms with Crippen LogP contribution >= 0.6 is 0 Å². The van der Waals surface area contributed by atoms with Crippen LogP contribution in [0.3, 0.4) is 0 Å². The van der Waals surface area contributed by atoms with Gasteiger partial charge >= 0.3 is 0 Å². The Labute approximate surface area is 82.3 Å². The third-order valence-corrected chi connectivity index (χ3v) is 1.68. The second kappa shape index (κ2) is 5.25. The molecule has 1 N–H and O–H groups in total. The van der Waals surface area contributed by atoms with E-state index in [0.717, 1.165) is 0 Å². The molecular formula is C11H11FO2. The lowest BCUT2D eigenvalue weighted by Crippen LogP contribution is -2.00. The number of halogens is 1. The molecule has 0 bridgehead atoms. The Morgan fingerprint density at radius 3 is 2.93 bits per heavy atom. The molecule has 0 aromatic heterocycles. The monoisotopic (exact) mass is 194 g/mol. The van der Waals surface area contributed by atoms with Crippen molar-refractivity contribution >= 4 is 0 Å².